The van der Waals surface area contributed by atoms with Crippen molar-refractivity contribution in [2.24, 2.45) is 0 Å². The summed E-state index contributed by atoms with van der Waals surface area (Å²) in [5.74, 6) is -0.363. The fourth-order valence-corrected chi connectivity index (χ4v) is 9.33. The minimum Gasteiger partial charge on any atom is -0.394 e. The fourth-order valence-electron chi connectivity index (χ4n) is 9.33. The predicted octanol–water partition coefficient (Wildman–Crippen LogP) is 2.65. The van der Waals surface area contributed by atoms with Crippen LogP contribution in [0.5, 0.6) is 0 Å². The molecule has 19 nitrogen and oxygen atoms in total. The van der Waals surface area contributed by atoms with Crippen molar-refractivity contribution in [1.29, 1.82) is 0 Å². The third kappa shape index (κ3) is 21.8. The van der Waals surface area contributed by atoms with Crippen LogP contribution in [-0.2, 0) is 33.2 Å². The van der Waals surface area contributed by atoms with E-state index in [0.717, 1.165) is 25.7 Å². The number of aliphatic hydroxyl groups excluding tert-OH is 11. The van der Waals surface area contributed by atoms with Gasteiger partial charge in [0.15, 0.2) is 18.9 Å². The molecule has 19 heteroatoms. The normalized spacial score (nSPS) is 32.6. The maximum atomic E-state index is 12.4. The van der Waals surface area contributed by atoms with Gasteiger partial charge in [-0.25, -0.2) is 0 Å². The van der Waals surface area contributed by atoms with Crippen LogP contribution in [0.4, 0.5) is 0 Å². The third-order valence-electron chi connectivity index (χ3n) is 13.9. The molecule has 412 valence electrons. The molecule has 0 radical (unpaired) electrons. The Labute approximate surface area is 416 Å². The average molecular weight is 1010 g/mol. The molecule has 0 saturated carbocycles. The van der Waals surface area contributed by atoms with Crippen molar-refractivity contribution in [2.45, 2.75) is 279 Å². The first-order valence-electron chi connectivity index (χ1n) is 26.9. The lowest BCUT2D eigenvalue weighted by molar-refractivity contribution is -0.379. The van der Waals surface area contributed by atoms with Crippen molar-refractivity contribution in [3.8, 4) is 0 Å². The van der Waals surface area contributed by atoms with E-state index in [1.807, 2.05) is 6.08 Å². The van der Waals surface area contributed by atoms with Gasteiger partial charge < -0.3 is 89.9 Å². The highest BCUT2D eigenvalue weighted by Gasteiger charge is 2.53. The Balaban J connectivity index is 1.33. The van der Waals surface area contributed by atoms with Crippen LogP contribution < -0.4 is 5.32 Å². The van der Waals surface area contributed by atoms with Gasteiger partial charge in [0.25, 0.3) is 0 Å². The molecule has 0 aromatic rings. The van der Waals surface area contributed by atoms with Crippen LogP contribution >= 0.6 is 0 Å². The van der Waals surface area contributed by atoms with Crippen LogP contribution in [0.3, 0.4) is 0 Å². The lowest BCUT2D eigenvalue weighted by Gasteiger charge is -2.48. The summed E-state index contributed by atoms with van der Waals surface area (Å²) in [6, 6.07) is -0.964. The summed E-state index contributed by atoms with van der Waals surface area (Å²) in [7, 11) is 0. The summed E-state index contributed by atoms with van der Waals surface area (Å²) in [6.07, 6.45) is 7.97. The Morgan fingerprint density at radius 1 is 0.500 bits per heavy atom. The van der Waals surface area contributed by atoms with E-state index in [-0.39, 0.29) is 18.9 Å². The van der Waals surface area contributed by atoms with Crippen LogP contribution in [0.1, 0.15) is 174 Å². The standard InChI is InChI=1S/C51H95NO18/c1-3-5-6-7-8-9-10-11-12-13-14-15-16-17-18-19-20-21-22-23-24-25-26-27-28-29-35(56)34(52-39(57)4-2)33-65-49-45(63)42(60)47(37(31-54)67-49)70-51-46(64)43(61)48(38(32-55)68-51)69-50-44(62)41(59)40(58)36(30-53)66-50/h28-29,34-38,40-51,53-56,58-64H,3-27,30-33H2,1-2H3,(H,52,57)/b29-28+. The molecule has 0 aromatic heterocycles. The molecule has 3 heterocycles. The maximum absolute atomic E-state index is 12.4. The number of carbonyl (C=O) groups is 1. The molecule has 0 spiro atoms. The lowest BCUT2D eigenvalue weighted by atomic mass is 9.96. The Kier molecular flexibility index (Phi) is 32.7. The second-order valence-corrected chi connectivity index (χ2v) is 19.7. The summed E-state index contributed by atoms with van der Waals surface area (Å²) >= 11 is 0. The number of carbonyl (C=O) groups excluding carboxylic acids is 1. The van der Waals surface area contributed by atoms with Crippen LogP contribution in [0.2, 0.25) is 0 Å². The Hall–Kier alpha value is -1.47. The molecule has 3 saturated heterocycles. The number of amides is 1. The lowest BCUT2D eigenvalue weighted by Crippen LogP contribution is -2.66. The Bertz CT molecular complexity index is 1350. The molecule has 1 amide bonds. The second-order valence-electron chi connectivity index (χ2n) is 19.7. The number of rotatable bonds is 38. The molecular formula is C51H95NO18. The quantitative estimate of drug-likeness (QED) is 0.0313. The van der Waals surface area contributed by atoms with Crippen molar-refractivity contribution in [3.05, 3.63) is 12.2 Å². The smallest absolute Gasteiger partial charge is 0.220 e. The van der Waals surface area contributed by atoms with Gasteiger partial charge in [0.1, 0.15) is 73.2 Å². The molecule has 3 rings (SSSR count). The van der Waals surface area contributed by atoms with Gasteiger partial charge >= 0.3 is 0 Å². The Morgan fingerprint density at radius 3 is 1.29 bits per heavy atom. The number of nitrogens with one attached hydrogen (secondary N) is 1. The molecule has 0 aliphatic carbocycles. The van der Waals surface area contributed by atoms with Crippen molar-refractivity contribution in [2.75, 3.05) is 26.4 Å². The highest BCUT2D eigenvalue weighted by Crippen LogP contribution is 2.33. The minimum absolute atomic E-state index is 0.126. The van der Waals surface area contributed by atoms with Crippen molar-refractivity contribution < 1.29 is 89.4 Å². The number of hydrogen-bond acceptors (Lipinski definition) is 18. The first kappa shape index (κ1) is 62.8. The molecule has 3 fully saturated rings. The van der Waals surface area contributed by atoms with E-state index >= 15 is 0 Å². The van der Waals surface area contributed by atoms with Gasteiger partial charge in [-0.15, -0.1) is 0 Å². The number of hydrogen-bond donors (Lipinski definition) is 12. The van der Waals surface area contributed by atoms with Gasteiger partial charge in [-0.2, -0.15) is 0 Å². The number of aliphatic hydroxyl groups is 11. The molecule has 3 aliphatic rings. The minimum atomic E-state index is -1.97. The number of unbranched alkanes of at least 4 members (excludes halogenated alkanes) is 23. The van der Waals surface area contributed by atoms with Gasteiger partial charge in [0, 0.05) is 6.42 Å². The Morgan fingerprint density at radius 2 is 0.871 bits per heavy atom. The second kappa shape index (κ2) is 36.5. The molecule has 17 unspecified atom stereocenters. The van der Waals surface area contributed by atoms with Crippen LogP contribution in [0.25, 0.3) is 0 Å². The summed E-state index contributed by atoms with van der Waals surface area (Å²) in [4.78, 5) is 12.4. The van der Waals surface area contributed by atoms with Gasteiger partial charge in [-0.05, 0) is 12.8 Å². The average Bonchev–Trinajstić information content (AvgIpc) is 3.36. The zero-order valence-electron chi connectivity index (χ0n) is 42.3. The largest absolute Gasteiger partial charge is 0.394 e. The number of ether oxygens (including phenoxy) is 6. The third-order valence-corrected chi connectivity index (χ3v) is 13.9. The monoisotopic (exact) mass is 1010 g/mol. The van der Waals surface area contributed by atoms with Gasteiger partial charge in [-0.3, -0.25) is 4.79 Å². The SMILES string of the molecule is CCCCCCCCCCCCCCCCCCCCCCCCC/C=C/C(O)C(COC1OC(CO)C(OC2OC(CO)C(OC3OC(CO)C(O)C(O)C3O)C(O)C2O)C(O)C1O)NC(=O)CC. The van der Waals surface area contributed by atoms with Crippen molar-refractivity contribution in [1.82, 2.24) is 5.32 Å². The van der Waals surface area contributed by atoms with E-state index < -0.39 is 124 Å². The van der Waals surface area contributed by atoms with E-state index in [1.54, 1.807) is 13.0 Å². The molecule has 3 aliphatic heterocycles. The van der Waals surface area contributed by atoms with Gasteiger partial charge in [0.05, 0.1) is 38.6 Å². The highest BCUT2D eigenvalue weighted by molar-refractivity contribution is 5.75. The fraction of sp³-hybridized carbons (Fsp3) is 0.941. The molecular weight excluding hydrogens is 915 g/mol. The van der Waals surface area contributed by atoms with E-state index in [9.17, 15) is 61.0 Å². The summed E-state index contributed by atoms with van der Waals surface area (Å²) < 4.78 is 33.8. The zero-order chi connectivity index (χ0) is 51.3. The summed E-state index contributed by atoms with van der Waals surface area (Å²) in [5.41, 5.74) is 0. The number of allylic oxidation sites excluding steroid dienone is 1. The first-order valence-corrected chi connectivity index (χ1v) is 26.9. The van der Waals surface area contributed by atoms with E-state index in [2.05, 4.69) is 12.2 Å². The summed E-state index contributed by atoms with van der Waals surface area (Å²) in [5, 5.41) is 118. The zero-order valence-corrected chi connectivity index (χ0v) is 42.3. The molecule has 0 aromatic carbocycles. The summed E-state index contributed by atoms with van der Waals surface area (Å²) in [6.45, 7) is 1.14. The van der Waals surface area contributed by atoms with Crippen LogP contribution in [-0.4, -0.2) is 193 Å². The van der Waals surface area contributed by atoms with Crippen LogP contribution in [0, 0.1) is 0 Å². The molecule has 12 N–H and O–H groups in total. The molecule has 70 heavy (non-hydrogen) atoms. The predicted molar refractivity (Wildman–Crippen MR) is 259 cm³/mol. The van der Waals surface area contributed by atoms with Gasteiger partial charge in [0.2, 0.25) is 5.91 Å². The van der Waals surface area contributed by atoms with Crippen LogP contribution in [0.15, 0.2) is 12.2 Å². The highest BCUT2D eigenvalue weighted by atomic mass is 16.8. The van der Waals surface area contributed by atoms with Crippen molar-refractivity contribution >= 4 is 5.91 Å². The van der Waals surface area contributed by atoms with Gasteiger partial charge in [-0.1, -0.05) is 167 Å². The molecule has 0 bridgehead atoms. The van der Waals surface area contributed by atoms with Crippen molar-refractivity contribution in [3.63, 3.8) is 0 Å². The first-order chi connectivity index (χ1) is 33.8. The topological polar surface area (TPSA) is 307 Å². The molecule has 17 atom stereocenters. The maximum Gasteiger partial charge on any atom is 0.220 e. The van der Waals surface area contributed by atoms with E-state index in [4.69, 9.17) is 28.4 Å². The van der Waals surface area contributed by atoms with E-state index in [1.165, 1.54) is 128 Å². The van der Waals surface area contributed by atoms with E-state index in [0.29, 0.717) is 0 Å².